The molecule has 1 aliphatic rings. The predicted octanol–water partition coefficient (Wildman–Crippen LogP) is 2.80. The highest BCUT2D eigenvalue weighted by Gasteiger charge is 2.21. The lowest BCUT2D eigenvalue weighted by Gasteiger charge is -2.29. The van der Waals surface area contributed by atoms with E-state index in [-0.39, 0.29) is 12.1 Å². The molecule has 2 rings (SSSR count). The van der Waals surface area contributed by atoms with Gasteiger partial charge in [0, 0.05) is 19.7 Å². The Morgan fingerprint density at radius 1 is 1.29 bits per heavy atom. The zero-order chi connectivity index (χ0) is 17.4. The molecule has 0 aliphatic carbocycles. The van der Waals surface area contributed by atoms with E-state index in [9.17, 15) is 4.79 Å². The fourth-order valence-electron chi connectivity index (χ4n) is 2.93. The molecule has 0 radical (unpaired) electrons. The maximum absolute atomic E-state index is 12.5. The summed E-state index contributed by atoms with van der Waals surface area (Å²) in [6.45, 7) is 4.41. The van der Waals surface area contributed by atoms with Crippen molar-refractivity contribution in [2.75, 3.05) is 33.9 Å². The zero-order valence-corrected chi connectivity index (χ0v) is 14.8. The smallest absolute Gasteiger partial charge is 0.317 e. The van der Waals surface area contributed by atoms with Gasteiger partial charge < -0.3 is 24.4 Å². The second-order valence-corrected chi connectivity index (χ2v) is 5.83. The van der Waals surface area contributed by atoms with Crippen LogP contribution in [0, 0.1) is 0 Å². The molecule has 1 atom stereocenters. The highest BCUT2D eigenvalue weighted by atomic mass is 16.5. The van der Waals surface area contributed by atoms with E-state index in [0.29, 0.717) is 31.1 Å². The first-order valence-corrected chi connectivity index (χ1v) is 8.53. The van der Waals surface area contributed by atoms with E-state index >= 15 is 0 Å². The van der Waals surface area contributed by atoms with Crippen LogP contribution in [0.15, 0.2) is 18.2 Å². The van der Waals surface area contributed by atoms with Crippen LogP contribution in [-0.2, 0) is 11.3 Å². The van der Waals surface area contributed by atoms with Gasteiger partial charge in [-0.2, -0.15) is 0 Å². The molecule has 1 aromatic carbocycles. The maximum Gasteiger partial charge on any atom is 0.317 e. The van der Waals surface area contributed by atoms with Crippen molar-refractivity contribution in [3.63, 3.8) is 0 Å². The first kappa shape index (κ1) is 18.4. The Morgan fingerprint density at radius 2 is 2.00 bits per heavy atom. The number of nitrogens with zero attached hydrogens (tertiary/aromatic N) is 1. The molecule has 0 spiro atoms. The number of ether oxygens (including phenoxy) is 3. The summed E-state index contributed by atoms with van der Waals surface area (Å²) in [6.07, 6.45) is 3.44. The number of likely N-dealkylation sites (N-methyl/N-ethyl adjacent to an activating group) is 1. The van der Waals surface area contributed by atoms with E-state index in [1.165, 1.54) is 6.42 Å². The largest absolute Gasteiger partial charge is 0.496 e. The molecule has 24 heavy (non-hydrogen) atoms. The monoisotopic (exact) mass is 336 g/mol. The van der Waals surface area contributed by atoms with Crippen molar-refractivity contribution in [1.29, 1.82) is 0 Å². The van der Waals surface area contributed by atoms with Crippen LogP contribution in [-0.4, -0.2) is 51.0 Å². The van der Waals surface area contributed by atoms with E-state index in [1.54, 1.807) is 19.1 Å². The van der Waals surface area contributed by atoms with Crippen LogP contribution in [0.5, 0.6) is 11.5 Å². The van der Waals surface area contributed by atoms with Gasteiger partial charge in [-0.15, -0.1) is 0 Å². The molecule has 1 saturated heterocycles. The quantitative estimate of drug-likeness (QED) is 0.832. The summed E-state index contributed by atoms with van der Waals surface area (Å²) in [5, 5.41) is 2.96. The lowest BCUT2D eigenvalue weighted by atomic mass is 10.1. The van der Waals surface area contributed by atoms with Crippen molar-refractivity contribution in [2.24, 2.45) is 0 Å². The number of rotatable bonds is 7. The summed E-state index contributed by atoms with van der Waals surface area (Å²) in [5.41, 5.74) is 0.834. The van der Waals surface area contributed by atoms with Crippen LogP contribution >= 0.6 is 0 Å². The normalized spacial score (nSPS) is 17.2. The number of benzene rings is 1. The molecule has 0 aromatic heterocycles. The van der Waals surface area contributed by atoms with Crippen molar-refractivity contribution in [3.05, 3.63) is 23.8 Å². The van der Waals surface area contributed by atoms with Gasteiger partial charge in [0.25, 0.3) is 0 Å². The highest BCUT2D eigenvalue weighted by Crippen LogP contribution is 2.27. The Balaban J connectivity index is 1.95. The molecule has 1 heterocycles. The Kier molecular flexibility index (Phi) is 7.18. The first-order valence-electron chi connectivity index (χ1n) is 8.53. The Bertz CT molecular complexity index is 508. The van der Waals surface area contributed by atoms with E-state index < -0.39 is 0 Å². The first-order chi connectivity index (χ1) is 11.7. The fraction of sp³-hybridized carbons (Fsp3) is 0.611. The molecule has 0 unspecified atom stereocenters. The number of urea groups is 1. The molecule has 6 nitrogen and oxygen atoms in total. The molecule has 134 valence electrons. The summed E-state index contributed by atoms with van der Waals surface area (Å²) >= 11 is 0. The summed E-state index contributed by atoms with van der Waals surface area (Å²) in [7, 11) is 3.22. The van der Waals surface area contributed by atoms with Crippen LogP contribution < -0.4 is 14.8 Å². The molecule has 1 fully saturated rings. The number of amides is 2. The summed E-state index contributed by atoms with van der Waals surface area (Å²) in [4.78, 5) is 14.3. The number of carbonyl (C=O) groups excluding carboxylic acids is 1. The molecule has 0 bridgehead atoms. The molecule has 6 heteroatoms. The van der Waals surface area contributed by atoms with E-state index in [4.69, 9.17) is 14.2 Å². The zero-order valence-electron chi connectivity index (χ0n) is 14.8. The second-order valence-electron chi connectivity index (χ2n) is 5.83. The van der Waals surface area contributed by atoms with Gasteiger partial charge in [-0.1, -0.05) is 6.07 Å². The molecular weight excluding hydrogens is 308 g/mol. The minimum atomic E-state index is -0.0976. The minimum Gasteiger partial charge on any atom is -0.496 e. The van der Waals surface area contributed by atoms with Crippen molar-refractivity contribution >= 4 is 6.03 Å². The summed E-state index contributed by atoms with van der Waals surface area (Å²) in [6, 6.07) is 5.48. The number of carbonyl (C=O) groups is 1. The van der Waals surface area contributed by atoms with Gasteiger partial charge in [-0.3, -0.25) is 0 Å². The molecule has 1 aromatic rings. The van der Waals surface area contributed by atoms with E-state index in [0.717, 1.165) is 25.0 Å². The van der Waals surface area contributed by atoms with Gasteiger partial charge in [0.05, 0.1) is 32.4 Å². The molecule has 1 aliphatic heterocycles. The van der Waals surface area contributed by atoms with Gasteiger partial charge in [0.15, 0.2) is 0 Å². The van der Waals surface area contributed by atoms with Gasteiger partial charge in [-0.05, 0) is 38.3 Å². The van der Waals surface area contributed by atoms with Crippen molar-refractivity contribution in [2.45, 2.75) is 38.8 Å². The van der Waals surface area contributed by atoms with Gasteiger partial charge in [-0.25, -0.2) is 4.79 Å². The van der Waals surface area contributed by atoms with Gasteiger partial charge in [0.2, 0.25) is 0 Å². The summed E-state index contributed by atoms with van der Waals surface area (Å²) < 4.78 is 16.5. The predicted molar refractivity (Wildman–Crippen MR) is 92.6 cm³/mol. The topological polar surface area (TPSA) is 60.0 Å². The lowest BCUT2D eigenvalue weighted by molar-refractivity contribution is 0.00131. The van der Waals surface area contributed by atoms with Crippen LogP contribution in [0.2, 0.25) is 0 Å². The van der Waals surface area contributed by atoms with Crippen molar-refractivity contribution in [3.8, 4) is 11.5 Å². The van der Waals surface area contributed by atoms with Crippen molar-refractivity contribution in [1.82, 2.24) is 10.2 Å². The number of hydrogen-bond donors (Lipinski definition) is 1. The molecule has 0 saturated carbocycles. The Labute approximate surface area is 144 Å². The van der Waals surface area contributed by atoms with Crippen LogP contribution in [0.4, 0.5) is 4.79 Å². The Morgan fingerprint density at radius 3 is 2.54 bits per heavy atom. The second kappa shape index (κ2) is 9.37. The average Bonchev–Trinajstić information content (AvgIpc) is 2.64. The van der Waals surface area contributed by atoms with E-state index in [2.05, 4.69) is 5.32 Å². The maximum atomic E-state index is 12.5. The van der Waals surface area contributed by atoms with Crippen LogP contribution in [0.1, 0.15) is 31.7 Å². The number of methoxy groups -OCH3 is 2. The summed E-state index contributed by atoms with van der Waals surface area (Å²) in [5.74, 6) is 1.40. The standard InChI is InChI=1S/C18H28N2O4/c1-4-20(13-14-8-5-6-11-24-14)18(21)19-12-15-16(22-2)9-7-10-17(15)23-3/h7,9-10,14H,4-6,8,11-13H2,1-3H3,(H,19,21)/t14-/m1/s1. The van der Waals surface area contributed by atoms with Crippen molar-refractivity contribution < 1.29 is 19.0 Å². The van der Waals surface area contributed by atoms with Gasteiger partial charge in [0.1, 0.15) is 11.5 Å². The number of nitrogens with one attached hydrogen (secondary N) is 1. The third-order valence-electron chi connectivity index (χ3n) is 4.31. The number of hydrogen-bond acceptors (Lipinski definition) is 4. The molecule has 2 amide bonds. The average molecular weight is 336 g/mol. The van der Waals surface area contributed by atoms with Gasteiger partial charge >= 0.3 is 6.03 Å². The van der Waals surface area contributed by atoms with Crippen LogP contribution in [0.3, 0.4) is 0 Å². The molecule has 1 N–H and O–H groups in total. The highest BCUT2D eigenvalue weighted by molar-refractivity contribution is 5.74. The Hall–Kier alpha value is -1.95. The fourth-order valence-corrected chi connectivity index (χ4v) is 2.93. The lowest BCUT2D eigenvalue weighted by Crippen LogP contribution is -2.44. The SMILES string of the molecule is CCN(C[C@H]1CCCCO1)C(=O)NCc1c(OC)cccc1OC. The minimum absolute atomic E-state index is 0.0976. The third kappa shape index (κ3) is 4.77. The molecular formula is C18H28N2O4. The van der Waals surface area contributed by atoms with Crippen LogP contribution in [0.25, 0.3) is 0 Å². The van der Waals surface area contributed by atoms with E-state index in [1.807, 2.05) is 25.1 Å². The third-order valence-corrected chi connectivity index (χ3v) is 4.31.